The van der Waals surface area contributed by atoms with Crippen LogP contribution in [-0.2, 0) is 13.1 Å². The van der Waals surface area contributed by atoms with Gasteiger partial charge in [0.1, 0.15) is 11.6 Å². The van der Waals surface area contributed by atoms with Gasteiger partial charge in [0.2, 0.25) is 0 Å². The smallest absolute Gasteiger partial charge is 0.261 e. The molecule has 2 N–H and O–H groups in total. The van der Waals surface area contributed by atoms with Gasteiger partial charge in [-0.05, 0) is 41.0 Å². The van der Waals surface area contributed by atoms with Gasteiger partial charge in [0.15, 0.2) is 0 Å². The van der Waals surface area contributed by atoms with Crippen molar-refractivity contribution in [2.24, 2.45) is 0 Å². The van der Waals surface area contributed by atoms with E-state index in [9.17, 15) is 13.6 Å². The van der Waals surface area contributed by atoms with E-state index in [1.807, 2.05) is 18.2 Å². The topological polar surface area (TPSA) is 71.8 Å². The second-order valence-electron chi connectivity index (χ2n) is 6.84. The number of fused-ring (bicyclic) bond motifs is 2. The van der Waals surface area contributed by atoms with Crippen LogP contribution in [0.2, 0.25) is 0 Å². The molecule has 1 aliphatic heterocycles. The Labute approximate surface area is 163 Å². The van der Waals surface area contributed by atoms with Crippen molar-refractivity contribution in [1.82, 2.24) is 20.0 Å². The minimum atomic E-state index is -0.715. The summed E-state index contributed by atoms with van der Waals surface area (Å²) in [5.74, 6) is -1.43. The van der Waals surface area contributed by atoms with Crippen molar-refractivity contribution in [1.29, 1.82) is 0 Å². The summed E-state index contributed by atoms with van der Waals surface area (Å²) in [5.41, 5.74) is 8.98. The second-order valence-corrected chi connectivity index (χ2v) is 6.84. The van der Waals surface area contributed by atoms with E-state index in [0.717, 1.165) is 11.3 Å². The van der Waals surface area contributed by atoms with Gasteiger partial charge < -0.3 is 5.43 Å². The number of aromatic nitrogens is 3. The van der Waals surface area contributed by atoms with Crippen molar-refractivity contribution in [3.05, 3.63) is 88.2 Å². The minimum Gasteiger partial charge on any atom is -0.321 e. The number of nitrogens with zero attached hydrogens (tertiary/aromatic N) is 3. The van der Waals surface area contributed by atoms with Crippen LogP contribution < -0.4 is 16.4 Å². The number of pyridine rings is 1. The molecular formula is C21H15F2N5O. The van der Waals surface area contributed by atoms with E-state index in [1.54, 1.807) is 0 Å². The largest absolute Gasteiger partial charge is 0.321 e. The third kappa shape index (κ3) is 3.03. The Bertz CT molecular complexity index is 1300. The monoisotopic (exact) mass is 391 g/mol. The molecule has 2 aromatic heterocycles. The Balaban J connectivity index is 1.52. The lowest BCUT2D eigenvalue weighted by atomic mass is 10.0. The number of hydrogen-bond donors (Lipinski definition) is 2. The lowest BCUT2D eigenvalue weighted by molar-refractivity contribution is 0.541. The normalized spacial score (nSPS) is 12.8. The molecule has 0 spiro atoms. The van der Waals surface area contributed by atoms with Crippen LogP contribution in [0.15, 0.2) is 59.9 Å². The molecule has 144 valence electrons. The molecule has 0 fully saturated rings. The van der Waals surface area contributed by atoms with Gasteiger partial charge in [-0.15, -0.1) is 0 Å². The molecule has 2 aromatic carbocycles. The van der Waals surface area contributed by atoms with E-state index in [2.05, 4.69) is 20.8 Å². The quantitative estimate of drug-likeness (QED) is 0.561. The standard InChI is InChI=1S/C21H15F2N5O/c22-17-5-14(12-1-2-13-8-26-27-19(13)7-12)6-18(23)16(17)10-28-11-25-20-9-24-4-3-15(20)21(28)29/h1-7,9,11,26-27H,8,10H2. The summed E-state index contributed by atoms with van der Waals surface area (Å²) in [6.45, 7) is 0.444. The van der Waals surface area contributed by atoms with E-state index < -0.39 is 11.6 Å². The van der Waals surface area contributed by atoms with Crippen molar-refractivity contribution in [2.75, 3.05) is 5.43 Å². The van der Waals surface area contributed by atoms with Crippen LogP contribution in [0.5, 0.6) is 0 Å². The maximum absolute atomic E-state index is 14.8. The van der Waals surface area contributed by atoms with Gasteiger partial charge in [-0.2, -0.15) is 0 Å². The van der Waals surface area contributed by atoms with Crippen LogP contribution in [0, 0.1) is 11.6 Å². The number of anilines is 1. The highest BCUT2D eigenvalue weighted by Gasteiger charge is 2.16. The van der Waals surface area contributed by atoms with E-state index >= 15 is 0 Å². The fourth-order valence-corrected chi connectivity index (χ4v) is 3.47. The highest BCUT2D eigenvalue weighted by Crippen LogP contribution is 2.30. The second kappa shape index (κ2) is 6.75. The first-order valence-corrected chi connectivity index (χ1v) is 8.99. The van der Waals surface area contributed by atoms with Crippen molar-refractivity contribution in [2.45, 2.75) is 13.1 Å². The van der Waals surface area contributed by atoms with Gasteiger partial charge in [0.25, 0.3) is 5.56 Å². The van der Waals surface area contributed by atoms with Crippen LogP contribution in [0.1, 0.15) is 11.1 Å². The zero-order valence-electron chi connectivity index (χ0n) is 15.1. The number of nitrogens with one attached hydrogen (secondary N) is 2. The molecule has 0 unspecified atom stereocenters. The maximum atomic E-state index is 14.8. The summed E-state index contributed by atoms with van der Waals surface area (Å²) in [5, 5.41) is 0.346. The molecule has 0 atom stereocenters. The average molecular weight is 391 g/mol. The van der Waals surface area contributed by atoms with Crippen molar-refractivity contribution in [3.8, 4) is 11.1 Å². The van der Waals surface area contributed by atoms with Crippen molar-refractivity contribution < 1.29 is 8.78 Å². The molecule has 1 aliphatic rings. The lowest BCUT2D eigenvalue weighted by Crippen LogP contribution is -2.22. The third-order valence-electron chi connectivity index (χ3n) is 5.04. The molecule has 3 heterocycles. The Morgan fingerprint density at radius 2 is 1.90 bits per heavy atom. The summed E-state index contributed by atoms with van der Waals surface area (Å²) in [7, 11) is 0. The van der Waals surface area contributed by atoms with Crippen LogP contribution in [0.25, 0.3) is 22.0 Å². The molecule has 0 saturated heterocycles. The summed E-state index contributed by atoms with van der Waals surface area (Å²) in [6, 6.07) is 9.68. The van der Waals surface area contributed by atoms with Gasteiger partial charge in [0, 0.05) is 18.3 Å². The number of hydrogen-bond acceptors (Lipinski definition) is 5. The maximum Gasteiger partial charge on any atom is 0.261 e. The van der Waals surface area contributed by atoms with Crippen LogP contribution in [0.3, 0.4) is 0 Å². The predicted molar refractivity (Wildman–Crippen MR) is 105 cm³/mol. The zero-order chi connectivity index (χ0) is 20.0. The van der Waals surface area contributed by atoms with Gasteiger partial charge in [-0.3, -0.25) is 14.3 Å². The zero-order valence-corrected chi connectivity index (χ0v) is 15.1. The van der Waals surface area contributed by atoms with E-state index in [4.69, 9.17) is 0 Å². The first-order valence-electron chi connectivity index (χ1n) is 8.99. The summed E-state index contributed by atoms with van der Waals surface area (Å²) >= 11 is 0. The summed E-state index contributed by atoms with van der Waals surface area (Å²) in [6.07, 6.45) is 4.23. The minimum absolute atomic E-state index is 0.188. The van der Waals surface area contributed by atoms with Gasteiger partial charge in [0.05, 0.1) is 35.7 Å². The first kappa shape index (κ1) is 17.4. The van der Waals surface area contributed by atoms with Crippen molar-refractivity contribution in [3.63, 3.8) is 0 Å². The highest BCUT2D eigenvalue weighted by atomic mass is 19.1. The van der Waals surface area contributed by atoms with Gasteiger partial charge >= 0.3 is 0 Å². The average Bonchev–Trinajstić information content (AvgIpc) is 3.20. The Morgan fingerprint density at radius 3 is 2.72 bits per heavy atom. The molecule has 5 rings (SSSR count). The molecule has 0 aliphatic carbocycles. The first-order chi connectivity index (χ1) is 14.1. The molecule has 0 bridgehead atoms. The number of benzene rings is 2. The van der Waals surface area contributed by atoms with Gasteiger partial charge in [-0.1, -0.05) is 12.1 Å². The fourth-order valence-electron chi connectivity index (χ4n) is 3.47. The van der Waals surface area contributed by atoms with E-state index in [1.165, 1.54) is 41.5 Å². The number of hydrazine groups is 1. The molecule has 29 heavy (non-hydrogen) atoms. The van der Waals surface area contributed by atoms with E-state index in [-0.39, 0.29) is 17.7 Å². The Kier molecular flexibility index (Phi) is 4.06. The molecule has 0 radical (unpaired) electrons. The van der Waals surface area contributed by atoms with E-state index in [0.29, 0.717) is 28.6 Å². The molecule has 4 aromatic rings. The molecule has 8 heteroatoms. The molecule has 0 saturated carbocycles. The summed E-state index contributed by atoms with van der Waals surface area (Å²) in [4.78, 5) is 20.6. The number of rotatable bonds is 3. The Hall–Kier alpha value is -3.65. The highest BCUT2D eigenvalue weighted by molar-refractivity contribution is 5.75. The molecule has 0 amide bonds. The third-order valence-corrected chi connectivity index (χ3v) is 5.04. The van der Waals surface area contributed by atoms with Gasteiger partial charge in [-0.25, -0.2) is 19.2 Å². The molecular weight excluding hydrogens is 376 g/mol. The molecule has 6 nitrogen and oxygen atoms in total. The Morgan fingerprint density at radius 1 is 1.07 bits per heavy atom. The van der Waals surface area contributed by atoms with Crippen molar-refractivity contribution >= 4 is 16.6 Å². The lowest BCUT2D eigenvalue weighted by Gasteiger charge is -2.11. The van der Waals surface area contributed by atoms with Crippen LogP contribution >= 0.6 is 0 Å². The van der Waals surface area contributed by atoms with Crippen LogP contribution in [0.4, 0.5) is 14.5 Å². The predicted octanol–water partition coefficient (Wildman–Crippen LogP) is 3.22. The fraction of sp³-hybridized carbons (Fsp3) is 0.0952. The number of halogens is 2. The summed E-state index contributed by atoms with van der Waals surface area (Å²) < 4.78 is 30.8. The SMILES string of the molecule is O=c1c2ccncc2ncn1Cc1c(F)cc(-c2ccc3c(c2)NNC3)cc1F. The van der Waals surface area contributed by atoms with Crippen LogP contribution in [-0.4, -0.2) is 14.5 Å².